The molecule has 1 unspecified atom stereocenters. The van der Waals surface area contributed by atoms with Gasteiger partial charge in [0.15, 0.2) is 0 Å². The molecule has 76 valence electrons. The maximum absolute atomic E-state index is 10.7. The summed E-state index contributed by atoms with van der Waals surface area (Å²) >= 11 is 0. The van der Waals surface area contributed by atoms with Crippen molar-refractivity contribution in [1.82, 2.24) is 10.3 Å². The Balaban J connectivity index is 0.000000980. The number of halogens is 1. The summed E-state index contributed by atoms with van der Waals surface area (Å²) < 4.78 is 0. The van der Waals surface area contributed by atoms with Gasteiger partial charge in [-0.15, -0.1) is 12.4 Å². The smallest absolute Gasteiger partial charge is 0.321 e. The third kappa shape index (κ3) is 2.02. The van der Waals surface area contributed by atoms with Gasteiger partial charge in [0, 0.05) is 25.4 Å². The Bertz CT molecular complexity index is 343. The molecule has 1 aromatic heterocycles. The van der Waals surface area contributed by atoms with Crippen molar-refractivity contribution in [3.63, 3.8) is 0 Å². The molecule has 0 radical (unpaired) electrons. The highest BCUT2D eigenvalue weighted by Gasteiger charge is 2.22. The molecule has 0 aliphatic carbocycles. The first-order chi connectivity index (χ1) is 6.27. The summed E-state index contributed by atoms with van der Waals surface area (Å²) in [7, 11) is 0. The average molecular weight is 215 g/mol. The van der Waals surface area contributed by atoms with Gasteiger partial charge in [0.05, 0.1) is 0 Å². The fourth-order valence-corrected chi connectivity index (χ4v) is 1.51. The molecule has 14 heavy (non-hydrogen) atoms. The number of rotatable bonds is 1. The molecule has 0 bridgehead atoms. The van der Waals surface area contributed by atoms with Crippen LogP contribution in [0, 0.1) is 0 Å². The van der Waals surface area contributed by atoms with Crippen LogP contribution in [0.4, 0.5) is 0 Å². The minimum Gasteiger partial charge on any atom is -0.480 e. The maximum Gasteiger partial charge on any atom is 0.321 e. The molecule has 2 N–H and O–H groups in total. The molecule has 1 atom stereocenters. The van der Waals surface area contributed by atoms with Crippen LogP contribution >= 0.6 is 12.4 Å². The molecule has 0 saturated carbocycles. The topological polar surface area (TPSA) is 62.2 Å². The Morgan fingerprint density at radius 2 is 2.36 bits per heavy atom. The molecular formula is C9H11ClN2O2. The van der Waals surface area contributed by atoms with Gasteiger partial charge in [-0.2, -0.15) is 0 Å². The fraction of sp³-hybridized carbons (Fsp3) is 0.333. The van der Waals surface area contributed by atoms with Crippen LogP contribution in [-0.4, -0.2) is 22.1 Å². The van der Waals surface area contributed by atoms with Crippen LogP contribution in [0.2, 0.25) is 0 Å². The van der Waals surface area contributed by atoms with Crippen LogP contribution < -0.4 is 5.32 Å². The molecule has 0 saturated heterocycles. The van der Waals surface area contributed by atoms with E-state index in [1.807, 2.05) is 6.07 Å². The standard InChI is InChI=1S/C9H10N2O2.ClH/c12-9(13)8-3-7-4-10-2-1-6(7)5-11-8;/h1-2,4,8,11H,3,5H2,(H,12,13);1H. The third-order valence-electron chi connectivity index (χ3n) is 2.27. The van der Waals surface area contributed by atoms with Crippen molar-refractivity contribution in [3.8, 4) is 0 Å². The van der Waals surface area contributed by atoms with Crippen LogP contribution in [0.1, 0.15) is 11.1 Å². The molecule has 0 spiro atoms. The molecule has 1 aliphatic heterocycles. The number of nitrogens with one attached hydrogen (secondary N) is 1. The van der Waals surface area contributed by atoms with E-state index in [1.54, 1.807) is 12.4 Å². The number of fused-ring (bicyclic) bond motifs is 1. The molecule has 0 amide bonds. The number of aliphatic carboxylic acids is 1. The summed E-state index contributed by atoms with van der Waals surface area (Å²) in [6.45, 7) is 0.620. The quantitative estimate of drug-likeness (QED) is 0.719. The second-order valence-corrected chi connectivity index (χ2v) is 3.12. The van der Waals surface area contributed by atoms with Crippen LogP contribution in [0.5, 0.6) is 0 Å². The molecule has 5 heteroatoms. The van der Waals surface area contributed by atoms with Crippen molar-refractivity contribution in [3.05, 3.63) is 29.6 Å². The first-order valence-electron chi connectivity index (χ1n) is 4.15. The lowest BCUT2D eigenvalue weighted by Crippen LogP contribution is -2.41. The largest absolute Gasteiger partial charge is 0.480 e. The number of aromatic nitrogens is 1. The van der Waals surface area contributed by atoms with E-state index in [1.165, 1.54) is 0 Å². The van der Waals surface area contributed by atoms with Gasteiger partial charge in [-0.05, 0) is 17.2 Å². The van der Waals surface area contributed by atoms with Gasteiger partial charge >= 0.3 is 5.97 Å². The Morgan fingerprint density at radius 3 is 3.07 bits per heavy atom. The Kier molecular flexibility index (Phi) is 3.43. The van der Waals surface area contributed by atoms with Gasteiger partial charge in [0.25, 0.3) is 0 Å². The Morgan fingerprint density at radius 1 is 1.57 bits per heavy atom. The molecule has 2 heterocycles. The Labute approximate surface area is 87.8 Å². The molecule has 4 nitrogen and oxygen atoms in total. The summed E-state index contributed by atoms with van der Waals surface area (Å²) in [4.78, 5) is 14.7. The van der Waals surface area contributed by atoms with E-state index >= 15 is 0 Å². The zero-order chi connectivity index (χ0) is 9.26. The summed E-state index contributed by atoms with van der Waals surface area (Å²) in [5, 5.41) is 11.7. The number of hydrogen-bond acceptors (Lipinski definition) is 3. The van der Waals surface area contributed by atoms with Crippen LogP contribution in [0.3, 0.4) is 0 Å². The zero-order valence-electron chi connectivity index (χ0n) is 7.43. The molecule has 1 aromatic rings. The van der Waals surface area contributed by atoms with Crippen molar-refractivity contribution in [2.45, 2.75) is 19.0 Å². The molecular weight excluding hydrogens is 204 g/mol. The number of pyridine rings is 1. The third-order valence-corrected chi connectivity index (χ3v) is 2.27. The van der Waals surface area contributed by atoms with Gasteiger partial charge in [0.2, 0.25) is 0 Å². The van der Waals surface area contributed by atoms with E-state index in [2.05, 4.69) is 10.3 Å². The minimum atomic E-state index is -0.797. The van der Waals surface area contributed by atoms with E-state index in [-0.39, 0.29) is 12.4 Å². The van der Waals surface area contributed by atoms with E-state index in [0.717, 1.165) is 11.1 Å². The monoisotopic (exact) mass is 214 g/mol. The number of nitrogens with zero attached hydrogens (tertiary/aromatic N) is 1. The van der Waals surface area contributed by atoms with Gasteiger partial charge in [0.1, 0.15) is 6.04 Å². The summed E-state index contributed by atoms with van der Waals surface area (Å²) in [5.41, 5.74) is 2.18. The first kappa shape index (κ1) is 10.9. The van der Waals surface area contributed by atoms with Crippen LogP contribution in [0.15, 0.2) is 18.5 Å². The van der Waals surface area contributed by atoms with E-state index in [9.17, 15) is 4.79 Å². The Hall–Kier alpha value is -1.13. The van der Waals surface area contributed by atoms with Gasteiger partial charge in [-0.1, -0.05) is 0 Å². The van der Waals surface area contributed by atoms with Crippen molar-refractivity contribution >= 4 is 18.4 Å². The highest BCUT2D eigenvalue weighted by atomic mass is 35.5. The van der Waals surface area contributed by atoms with Gasteiger partial charge in [-0.3, -0.25) is 9.78 Å². The van der Waals surface area contributed by atoms with Crippen LogP contribution in [0.25, 0.3) is 0 Å². The van der Waals surface area contributed by atoms with Crippen molar-refractivity contribution in [2.75, 3.05) is 0 Å². The van der Waals surface area contributed by atoms with E-state index < -0.39 is 12.0 Å². The highest BCUT2D eigenvalue weighted by molar-refractivity contribution is 5.85. The lowest BCUT2D eigenvalue weighted by molar-refractivity contribution is -0.139. The molecule has 0 aromatic carbocycles. The SMILES string of the molecule is Cl.O=C(O)C1Cc2cnccc2CN1. The second kappa shape index (κ2) is 4.39. The average Bonchev–Trinajstić information content (AvgIpc) is 2.17. The second-order valence-electron chi connectivity index (χ2n) is 3.12. The maximum atomic E-state index is 10.7. The summed E-state index contributed by atoms with van der Waals surface area (Å²) in [6, 6.07) is 1.46. The van der Waals surface area contributed by atoms with Gasteiger partial charge in [-0.25, -0.2) is 0 Å². The molecule has 2 rings (SSSR count). The predicted octanol–water partition coefficient (Wildman–Crippen LogP) is 0.602. The van der Waals surface area contributed by atoms with Crippen molar-refractivity contribution < 1.29 is 9.90 Å². The summed E-state index contributed by atoms with van der Waals surface area (Å²) in [5.74, 6) is -0.797. The van der Waals surface area contributed by atoms with Gasteiger partial charge < -0.3 is 10.4 Å². The van der Waals surface area contributed by atoms with E-state index in [4.69, 9.17) is 5.11 Å². The lowest BCUT2D eigenvalue weighted by Gasteiger charge is -2.22. The fourth-order valence-electron chi connectivity index (χ4n) is 1.51. The normalized spacial score (nSPS) is 19.3. The van der Waals surface area contributed by atoms with Crippen molar-refractivity contribution in [2.24, 2.45) is 0 Å². The molecule has 1 aliphatic rings. The number of carbonyl (C=O) groups is 1. The summed E-state index contributed by atoms with van der Waals surface area (Å²) in [6.07, 6.45) is 3.99. The predicted molar refractivity (Wildman–Crippen MR) is 53.5 cm³/mol. The van der Waals surface area contributed by atoms with Crippen LogP contribution in [-0.2, 0) is 17.8 Å². The lowest BCUT2D eigenvalue weighted by atomic mass is 9.98. The number of hydrogen-bond donors (Lipinski definition) is 2. The van der Waals surface area contributed by atoms with E-state index in [0.29, 0.717) is 13.0 Å². The zero-order valence-corrected chi connectivity index (χ0v) is 8.25. The molecule has 0 fully saturated rings. The number of carboxylic acid groups (broad SMARTS) is 1. The van der Waals surface area contributed by atoms with Crippen molar-refractivity contribution in [1.29, 1.82) is 0 Å². The first-order valence-corrected chi connectivity index (χ1v) is 4.15. The highest BCUT2D eigenvalue weighted by Crippen LogP contribution is 2.14. The minimum absolute atomic E-state index is 0. The number of carboxylic acids is 1.